The van der Waals surface area contributed by atoms with E-state index >= 15 is 0 Å². The Labute approximate surface area is 134 Å². The Kier molecular flexibility index (Phi) is 5.90. The molecule has 0 aliphatic rings. The molecule has 0 radical (unpaired) electrons. The lowest BCUT2D eigenvalue weighted by Crippen LogP contribution is -2.35. The van der Waals surface area contributed by atoms with E-state index in [1.54, 1.807) is 13.8 Å². The van der Waals surface area contributed by atoms with Crippen LogP contribution in [0.4, 0.5) is 11.4 Å². The lowest BCUT2D eigenvalue weighted by molar-refractivity contribution is -0.115. The van der Waals surface area contributed by atoms with Crippen LogP contribution < -0.4 is 11.1 Å². The van der Waals surface area contributed by atoms with E-state index in [9.17, 15) is 13.2 Å². The van der Waals surface area contributed by atoms with Gasteiger partial charge in [0.15, 0.2) is 9.84 Å². The average molecular weight is 353 g/mol. The Morgan fingerprint density at radius 3 is 2.33 bits per heavy atom. The molecule has 21 heavy (non-hydrogen) atoms. The Bertz CT molecular complexity index is 622. The van der Waals surface area contributed by atoms with Gasteiger partial charge >= 0.3 is 0 Å². The van der Waals surface area contributed by atoms with E-state index in [4.69, 9.17) is 28.9 Å². The summed E-state index contributed by atoms with van der Waals surface area (Å²) >= 11 is 11.7. The molecule has 0 bridgehead atoms. The molecule has 1 rings (SSSR count). The monoisotopic (exact) mass is 352 g/mol. The fourth-order valence-electron chi connectivity index (χ4n) is 1.72. The molecule has 0 aliphatic heterocycles. The van der Waals surface area contributed by atoms with Crippen LogP contribution in [0.2, 0.25) is 10.0 Å². The maximum absolute atomic E-state index is 12.1. The van der Waals surface area contributed by atoms with E-state index in [1.165, 1.54) is 19.1 Å². The first-order valence-corrected chi connectivity index (χ1v) is 8.78. The van der Waals surface area contributed by atoms with E-state index in [2.05, 4.69) is 5.32 Å². The van der Waals surface area contributed by atoms with Crippen LogP contribution in [0.5, 0.6) is 0 Å². The number of carbonyl (C=O) groups excluding carboxylic acids is 1. The minimum absolute atomic E-state index is 0.0607. The first-order chi connectivity index (χ1) is 9.54. The highest BCUT2D eigenvalue weighted by atomic mass is 35.5. The number of anilines is 2. The molecule has 1 aromatic rings. The quantitative estimate of drug-likeness (QED) is 0.797. The summed E-state index contributed by atoms with van der Waals surface area (Å²) in [7, 11) is -3.53. The predicted molar refractivity (Wildman–Crippen MR) is 87.6 cm³/mol. The maximum atomic E-state index is 12.1. The van der Waals surface area contributed by atoms with Gasteiger partial charge < -0.3 is 11.1 Å². The van der Waals surface area contributed by atoms with E-state index in [1.807, 2.05) is 0 Å². The lowest BCUT2D eigenvalue weighted by atomic mass is 10.2. The summed E-state index contributed by atoms with van der Waals surface area (Å²) in [6, 6.07) is 2.85. The van der Waals surface area contributed by atoms with Crippen LogP contribution in [0.25, 0.3) is 0 Å². The second-order valence-corrected chi connectivity index (χ2v) is 8.42. The largest absolute Gasteiger partial charge is 0.397 e. The number of nitrogens with one attached hydrogen (secondary N) is 1. The third kappa shape index (κ3) is 4.76. The first kappa shape index (κ1) is 18.1. The molecule has 118 valence electrons. The van der Waals surface area contributed by atoms with Crippen LogP contribution >= 0.6 is 23.2 Å². The Hall–Kier alpha value is -0.980. The zero-order chi connectivity index (χ0) is 16.4. The highest BCUT2D eigenvalue weighted by Crippen LogP contribution is 2.32. The molecule has 0 saturated carbocycles. The van der Waals surface area contributed by atoms with Crippen molar-refractivity contribution in [2.75, 3.05) is 16.8 Å². The van der Waals surface area contributed by atoms with Crippen molar-refractivity contribution >= 4 is 50.3 Å². The predicted octanol–water partition coefficient (Wildman–Crippen LogP) is 2.97. The molecule has 3 N–H and O–H groups in total. The molecular weight excluding hydrogens is 335 g/mol. The van der Waals surface area contributed by atoms with Gasteiger partial charge in [-0.05, 0) is 25.0 Å². The molecule has 0 saturated heterocycles. The smallest absolute Gasteiger partial charge is 0.242 e. The summed E-state index contributed by atoms with van der Waals surface area (Å²) in [5, 5.41) is 1.75. The Balaban J connectivity index is 2.97. The van der Waals surface area contributed by atoms with Crippen molar-refractivity contribution in [1.29, 1.82) is 0 Å². The second kappa shape index (κ2) is 6.85. The summed E-state index contributed by atoms with van der Waals surface area (Å²) in [6.45, 7) is 4.89. The number of amides is 1. The Morgan fingerprint density at radius 1 is 1.29 bits per heavy atom. The minimum atomic E-state index is -3.53. The van der Waals surface area contributed by atoms with Crippen LogP contribution in [0.1, 0.15) is 20.8 Å². The molecule has 5 nitrogen and oxygen atoms in total. The number of halogens is 2. The molecule has 0 fully saturated rings. The highest BCUT2D eigenvalue weighted by Gasteiger charge is 2.29. The number of nitrogen functional groups attached to an aromatic ring is 1. The number of rotatable bonds is 5. The summed E-state index contributed by atoms with van der Waals surface area (Å²) in [5.74, 6) is -0.799. The van der Waals surface area contributed by atoms with Crippen molar-refractivity contribution in [3.63, 3.8) is 0 Å². The molecule has 1 unspecified atom stereocenters. The van der Waals surface area contributed by atoms with Crippen molar-refractivity contribution < 1.29 is 13.2 Å². The Morgan fingerprint density at radius 2 is 1.86 bits per heavy atom. The van der Waals surface area contributed by atoms with Gasteiger partial charge in [-0.2, -0.15) is 0 Å². The number of hydrogen-bond acceptors (Lipinski definition) is 4. The van der Waals surface area contributed by atoms with Gasteiger partial charge in [-0.3, -0.25) is 4.79 Å². The number of sulfone groups is 1. The third-order valence-corrected chi connectivity index (χ3v) is 5.75. The van der Waals surface area contributed by atoms with Gasteiger partial charge in [-0.1, -0.05) is 37.0 Å². The third-order valence-electron chi connectivity index (χ3n) is 2.81. The number of nitrogens with two attached hydrogens (primary N) is 1. The highest BCUT2D eigenvalue weighted by molar-refractivity contribution is 7.92. The topological polar surface area (TPSA) is 89.3 Å². The van der Waals surface area contributed by atoms with Gasteiger partial charge in [-0.15, -0.1) is 0 Å². The van der Waals surface area contributed by atoms with E-state index in [0.717, 1.165) is 0 Å². The zero-order valence-corrected chi connectivity index (χ0v) is 14.3. The summed E-state index contributed by atoms with van der Waals surface area (Å²) in [6.07, 6.45) is 0. The van der Waals surface area contributed by atoms with Crippen LogP contribution in [-0.4, -0.2) is 25.3 Å². The standard InChI is InChI=1S/C13H18Cl2N2O3S/c1-7(2)6-21(19,20)8(3)13(18)17-12-10(15)4-9(14)5-11(12)16/h4-5,7-8H,6,16H2,1-3H3,(H,17,18). The van der Waals surface area contributed by atoms with E-state index in [-0.39, 0.29) is 28.1 Å². The van der Waals surface area contributed by atoms with Crippen molar-refractivity contribution in [3.8, 4) is 0 Å². The number of benzene rings is 1. The van der Waals surface area contributed by atoms with E-state index in [0.29, 0.717) is 5.02 Å². The van der Waals surface area contributed by atoms with Gasteiger partial charge in [0, 0.05) is 5.02 Å². The molecule has 0 aromatic heterocycles. The van der Waals surface area contributed by atoms with Crippen LogP contribution in [0.15, 0.2) is 12.1 Å². The first-order valence-electron chi connectivity index (χ1n) is 6.31. The summed E-state index contributed by atoms with van der Waals surface area (Å²) in [5.41, 5.74) is 6.07. The molecule has 0 aliphatic carbocycles. The van der Waals surface area contributed by atoms with Crippen molar-refractivity contribution in [3.05, 3.63) is 22.2 Å². The molecule has 8 heteroatoms. The van der Waals surface area contributed by atoms with Gasteiger partial charge in [0.1, 0.15) is 5.25 Å². The molecule has 1 amide bonds. The van der Waals surface area contributed by atoms with Crippen molar-refractivity contribution in [2.45, 2.75) is 26.0 Å². The van der Waals surface area contributed by atoms with Crippen molar-refractivity contribution in [1.82, 2.24) is 0 Å². The van der Waals surface area contributed by atoms with E-state index < -0.39 is 21.0 Å². The maximum Gasteiger partial charge on any atom is 0.242 e. The molecular formula is C13H18Cl2N2O3S. The molecule has 1 aromatic carbocycles. The minimum Gasteiger partial charge on any atom is -0.397 e. The van der Waals surface area contributed by atoms with Crippen LogP contribution in [0.3, 0.4) is 0 Å². The number of carbonyl (C=O) groups is 1. The average Bonchev–Trinajstić information content (AvgIpc) is 2.30. The van der Waals surface area contributed by atoms with Crippen LogP contribution in [-0.2, 0) is 14.6 Å². The van der Waals surface area contributed by atoms with Crippen molar-refractivity contribution in [2.24, 2.45) is 5.92 Å². The van der Waals surface area contributed by atoms with Gasteiger partial charge in [0.2, 0.25) is 5.91 Å². The SMILES string of the molecule is CC(C)CS(=O)(=O)C(C)C(=O)Nc1c(N)cc(Cl)cc1Cl. The normalized spacial score (nSPS) is 13.2. The van der Waals surface area contributed by atoms with Crippen LogP contribution in [0, 0.1) is 5.92 Å². The zero-order valence-electron chi connectivity index (χ0n) is 12.0. The number of hydrogen-bond donors (Lipinski definition) is 2. The lowest BCUT2D eigenvalue weighted by Gasteiger charge is -2.16. The fraction of sp³-hybridized carbons (Fsp3) is 0.462. The molecule has 0 heterocycles. The summed E-state index contributed by atoms with van der Waals surface area (Å²) < 4.78 is 24.1. The van der Waals surface area contributed by atoms with Gasteiger partial charge in [-0.25, -0.2) is 8.42 Å². The summed E-state index contributed by atoms with van der Waals surface area (Å²) in [4.78, 5) is 12.1. The van der Waals surface area contributed by atoms with Gasteiger partial charge in [0.25, 0.3) is 0 Å². The molecule has 0 spiro atoms. The molecule has 1 atom stereocenters. The van der Waals surface area contributed by atoms with Gasteiger partial charge in [0.05, 0.1) is 22.2 Å². The fourth-order valence-corrected chi connectivity index (χ4v) is 3.88. The second-order valence-electron chi connectivity index (χ2n) is 5.21.